The highest BCUT2D eigenvalue weighted by molar-refractivity contribution is 9.10. The zero-order valence-corrected chi connectivity index (χ0v) is 11.3. The van der Waals surface area contributed by atoms with E-state index in [0.29, 0.717) is 11.3 Å². The van der Waals surface area contributed by atoms with Crippen molar-refractivity contribution in [2.24, 2.45) is 0 Å². The Labute approximate surface area is 104 Å². The molecule has 1 aromatic carbocycles. The Morgan fingerprint density at radius 1 is 1.56 bits per heavy atom. The number of nitrogens with one attached hydrogen (secondary N) is 1. The first-order chi connectivity index (χ1) is 7.58. The molecule has 16 heavy (non-hydrogen) atoms. The van der Waals surface area contributed by atoms with Gasteiger partial charge >= 0.3 is 0 Å². The van der Waals surface area contributed by atoms with Crippen molar-refractivity contribution in [3.8, 4) is 5.75 Å². The van der Waals surface area contributed by atoms with Crippen molar-refractivity contribution in [2.45, 2.75) is 26.3 Å². The molecule has 0 spiro atoms. The van der Waals surface area contributed by atoms with Crippen LogP contribution >= 0.6 is 15.9 Å². The van der Waals surface area contributed by atoms with Crippen LogP contribution in [0.25, 0.3) is 0 Å². The van der Waals surface area contributed by atoms with Gasteiger partial charge in [0.2, 0.25) is 0 Å². The van der Waals surface area contributed by atoms with Crippen molar-refractivity contribution >= 4 is 21.8 Å². The van der Waals surface area contributed by atoms with Gasteiger partial charge in [-0.15, -0.1) is 0 Å². The molecule has 0 aromatic heterocycles. The molecule has 0 bridgehead atoms. The third-order valence-electron chi connectivity index (χ3n) is 2.40. The van der Waals surface area contributed by atoms with Crippen molar-refractivity contribution < 1.29 is 9.53 Å². The van der Waals surface area contributed by atoms with Crippen molar-refractivity contribution in [3.63, 3.8) is 0 Å². The van der Waals surface area contributed by atoms with E-state index in [1.807, 2.05) is 19.9 Å². The molecule has 0 radical (unpaired) electrons. The largest absolute Gasteiger partial charge is 0.496 e. The number of hydrogen-bond donors (Lipinski definition) is 1. The number of rotatable bonds is 4. The second-order valence-electron chi connectivity index (χ2n) is 3.63. The Hall–Kier alpha value is -1.03. The van der Waals surface area contributed by atoms with Gasteiger partial charge in [-0.25, -0.2) is 0 Å². The summed E-state index contributed by atoms with van der Waals surface area (Å²) < 4.78 is 6.02. The number of benzene rings is 1. The molecule has 4 heteroatoms. The maximum atomic E-state index is 11.9. The van der Waals surface area contributed by atoms with Gasteiger partial charge in [-0.05, 0) is 31.5 Å². The fourth-order valence-corrected chi connectivity index (χ4v) is 1.62. The topological polar surface area (TPSA) is 38.3 Å². The molecule has 0 saturated heterocycles. The van der Waals surface area contributed by atoms with E-state index in [4.69, 9.17) is 4.74 Å². The minimum Gasteiger partial charge on any atom is -0.496 e. The summed E-state index contributed by atoms with van der Waals surface area (Å²) in [5, 5.41) is 2.91. The Morgan fingerprint density at radius 3 is 2.81 bits per heavy atom. The lowest BCUT2D eigenvalue weighted by Crippen LogP contribution is -2.32. The van der Waals surface area contributed by atoms with Crippen molar-refractivity contribution in [1.29, 1.82) is 0 Å². The van der Waals surface area contributed by atoms with Gasteiger partial charge in [0, 0.05) is 10.5 Å². The van der Waals surface area contributed by atoms with Crippen LogP contribution in [0, 0.1) is 0 Å². The first-order valence-electron chi connectivity index (χ1n) is 5.22. The lowest BCUT2D eigenvalue weighted by Gasteiger charge is -2.13. The molecule has 0 aliphatic heterocycles. The average Bonchev–Trinajstić information content (AvgIpc) is 2.28. The van der Waals surface area contributed by atoms with E-state index in [-0.39, 0.29) is 11.9 Å². The Bertz CT molecular complexity index is 379. The molecule has 1 atom stereocenters. The molecule has 3 nitrogen and oxygen atoms in total. The molecule has 88 valence electrons. The van der Waals surface area contributed by atoms with Gasteiger partial charge < -0.3 is 10.1 Å². The standard InChI is InChI=1S/C12H16BrNO2/c1-4-8(2)14-12(15)10-7-9(13)5-6-11(10)16-3/h5-8H,4H2,1-3H3,(H,14,15)/t8-/m0/s1. The third kappa shape index (κ3) is 3.23. The van der Waals surface area contributed by atoms with E-state index < -0.39 is 0 Å². The predicted octanol–water partition coefficient (Wildman–Crippen LogP) is 2.99. The van der Waals surface area contributed by atoms with E-state index in [9.17, 15) is 4.79 Å². The molecular weight excluding hydrogens is 270 g/mol. The molecule has 0 heterocycles. The number of hydrogen-bond acceptors (Lipinski definition) is 2. The highest BCUT2D eigenvalue weighted by Gasteiger charge is 2.14. The lowest BCUT2D eigenvalue weighted by atomic mass is 10.1. The van der Waals surface area contributed by atoms with Gasteiger partial charge in [0.1, 0.15) is 5.75 Å². The van der Waals surface area contributed by atoms with E-state index in [0.717, 1.165) is 10.9 Å². The van der Waals surface area contributed by atoms with Gasteiger partial charge in [-0.1, -0.05) is 22.9 Å². The molecular formula is C12H16BrNO2. The van der Waals surface area contributed by atoms with Crippen LogP contribution in [0.2, 0.25) is 0 Å². The minimum absolute atomic E-state index is 0.104. The SMILES string of the molecule is CC[C@H](C)NC(=O)c1cc(Br)ccc1OC. The van der Waals surface area contributed by atoms with Gasteiger partial charge in [-0.2, -0.15) is 0 Å². The smallest absolute Gasteiger partial charge is 0.255 e. The molecule has 0 unspecified atom stereocenters. The number of halogens is 1. The van der Waals surface area contributed by atoms with Crippen molar-refractivity contribution in [1.82, 2.24) is 5.32 Å². The maximum Gasteiger partial charge on any atom is 0.255 e. The number of amides is 1. The fourth-order valence-electron chi connectivity index (χ4n) is 1.26. The normalized spacial score (nSPS) is 12.0. The second kappa shape index (κ2) is 5.89. The van der Waals surface area contributed by atoms with Crippen molar-refractivity contribution in [3.05, 3.63) is 28.2 Å². The summed E-state index contributed by atoms with van der Waals surface area (Å²) in [4.78, 5) is 11.9. The summed E-state index contributed by atoms with van der Waals surface area (Å²) in [6.45, 7) is 4.01. The number of carbonyl (C=O) groups excluding carboxylic acids is 1. The zero-order chi connectivity index (χ0) is 12.1. The van der Waals surface area contributed by atoms with Crippen molar-refractivity contribution in [2.75, 3.05) is 7.11 Å². The Balaban J connectivity index is 2.93. The molecule has 1 aromatic rings. The summed E-state index contributed by atoms with van der Waals surface area (Å²) in [7, 11) is 1.56. The van der Waals surface area contributed by atoms with Crippen LogP contribution in [0.4, 0.5) is 0 Å². The van der Waals surface area contributed by atoms with Crippen LogP contribution in [0.1, 0.15) is 30.6 Å². The highest BCUT2D eigenvalue weighted by Crippen LogP contribution is 2.22. The number of methoxy groups -OCH3 is 1. The monoisotopic (exact) mass is 285 g/mol. The van der Waals surface area contributed by atoms with Gasteiger partial charge in [0.05, 0.1) is 12.7 Å². The van der Waals surface area contributed by atoms with E-state index in [1.54, 1.807) is 19.2 Å². The molecule has 1 rings (SSSR count). The molecule has 0 saturated carbocycles. The van der Waals surface area contributed by atoms with Crippen LogP contribution < -0.4 is 10.1 Å². The zero-order valence-electron chi connectivity index (χ0n) is 9.71. The number of carbonyl (C=O) groups is 1. The second-order valence-corrected chi connectivity index (χ2v) is 4.54. The van der Waals surface area contributed by atoms with Gasteiger partial charge in [0.25, 0.3) is 5.91 Å². The van der Waals surface area contributed by atoms with E-state index >= 15 is 0 Å². The predicted molar refractivity (Wildman–Crippen MR) is 67.9 cm³/mol. The average molecular weight is 286 g/mol. The molecule has 0 aliphatic rings. The third-order valence-corrected chi connectivity index (χ3v) is 2.89. The van der Waals surface area contributed by atoms with Gasteiger partial charge in [-0.3, -0.25) is 4.79 Å². The van der Waals surface area contributed by atoms with Crippen LogP contribution in [0.5, 0.6) is 5.75 Å². The fraction of sp³-hybridized carbons (Fsp3) is 0.417. The van der Waals surface area contributed by atoms with Crippen LogP contribution in [0.15, 0.2) is 22.7 Å². The quantitative estimate of drug-likeness (QED) is 0.924. The highest BCUT2D eigenvalue weighted by atomic mass is 79.9. The van der Waals surface area contributed by atoms with Gasteiger partial charge in [0.15, 0.2) is 0 Å². The summed E-state index contributed by atoms with van der Waals surface area (Å²) in [5.41, 5.74) is 0.553. The minimum atomic E-state index is -0.104. The van der Waals surface area contributed by atoms with E-state index in [1.165, 1.54) is 0 Å². The molecule has 1 N–H and O–H groups in total. The van der Waals surface area contributed by atoms with Crippen LogP contribution in [-0.2, 0) is 0 Å². The summed E-state index contributed by atoms with van der Waals surface area (Å²) >= 11 is 3.34. The maximum absolute atomic E-state index is 11.9. The van der Waals surface area contributed by atoms with Crippen LogP contribution in [0.3, 0.4) is 0 Å². The number of ether oxygens (including phenoxy) is 1. The Morgan fingerprint density at radius 2 is 2.25 bits per heavy atom. The molecule has 1 amide bonds. The lowest BCUT2D eigenvalue weighted by molar-refractivity contribution is 0.0936. The molecule has 0 aliphatic carbocycles. The summed E-state index contributed by atoms with van der Waals surface area (Å²) in [6, 6.07) is 5.54. The Kier molecular flexibility index (Phi) is 4.80. The first-order valence-corrected chi connectivity index (χ1v) is 6.02. The summed E-state index contributed by atoms with van der Waals surface area (Å²) in [6.07, 6.45) is 0.905. The van der Waals surface area contributed by atoms with E-state index in [2.05, 4.69) is 21.2 Å². The first kappa shape index (κ1) is 13.0. The molecule has 0 fully saturated rings. The summed E-state index contributed by atoms with van der Waals surface area (Å²) in [5.74, 6) is 0.483. The van der Waals surface area contributed by atoms with Crippen LogP contribution in [-0.4, -0.2) is 19.1 Å².